The molecule has 1 amide bonds. The highest BCUT2D eigenvalue weighted by atomic mass is 16.6. The molecule has 1 aliphatic rings. The van der Waals surface area contributed by atoms with E-state index in [0.717, 1.165) is 16.8 Å². The monoisotopic (exact) mass is 318 g/mol. The van der Waals surface area contributed by atoms with E-state index < -0.39 is 5.91 Å². The summed E-state index contributed by atoms with van der Waals surface area (Å²) in [6.45, 7) is 0. The molecule has 0 unspecified atom stereocenters. The van der Waals surface area contributed by atoms with Crippen LogP contribution in [0.4, 0.5) is 0 Å². The Morgan fingerprint density at radius 3 is 2.79 bits per heavy atom. The molecular formula is C18H14N4O2. The van der Waals surface area contributed by atoms with Crippen LogP contribution in [0.5, 0.6) is 5.75 Å². The molecule has 1 aliphatic heterocycles. The number of aromatic nitrogens is 2. The first-order valence-electron chi connectivity index (χ1n) is 7.40. The van der Waals surface area contributed by atoms with Crippen molar-refractivity contribution < 1.29 is 9.63 Å². The third kappa shape index (κ3) is 2.40. The number of fused-ring (bicyclic) bond motifs is 1. The number of nitrogens with zero attached hydrogens (tertiary/aromatic N) is 2. The molecule has 0 aliphatic carbocycles. The Bertz CT molecular complexity index is 945. The van der Waals surface area contributed by atoms with E-state index in [4.69, 9.17) is 10.6 Å². The zero-order valence-electron chi connectivity index (χ0n) is 12.6. The zero-order chi connectivity index (χ0) is 16.5. The van der Waals surface area contributed by atoms with Crippen LogP contribution in [0, 0.1) is 0 Å². The van der Waals surface area contributed by atoms with Gasteiger partial charge in [0.2, 0.25) is 0 Å². The lowest BCUT2D eigenvalue weighted by Crippen LogP contribution is -2.15. The maximum absolute atomic E-state index is 11.8. The highest BCUT2D eigenvalue weighted by molar-refractivity contribution is 5.97. The van der Waals surface area contributed by atoms with Crippen LogP contribution in [0.1, 0.15) is 16.1 Å². The Morgan fingerprint density at radius 2 is 2.00 bits per heavy atom. The van der Waals surface area contributed by atoms with Crippen molar-refractivity contribution in [1.29, 1.82) is 0 Å². The molecule has 6 heteroatoms. The molecule has 3 N–H and O–H groups in total. The third-order valence-corrected chi connectivity index (χ3v) is 3.79. The Kier molecular flexibility index (Phi) is 3.28. The smallest absolute Gasteiger partial charge is 0.269 e. The van der Waals surface area contributed by atoms with E-state index in [1.165, 1.54) is 0 Å². The van der Waals surface area contributed by atoms with Crippen molar-refractivity contribution >= 4 is 12.0 Å². The number of hydrogen-bond acceptors (Lipinski definition) is 4. The summed E-state index contributed by atoms with van der Waals surface area (Å²) in [5, 5.41) is 4.35. The molecule has 4 rings (SSSR count). The lowest BCUT2D eigenvalue weighted by atomic mass is 10.1. The maximum Gasteiger partial charge on any atom is 0.269 e. The minimum atomic E-state index is -0.564. The summed E-state index contributed by atoms with van der Waals surface area (Å²) >= 11 is 0. The van der Waals surface area contributed by atoms with Crippen molar-refractivity contribution in [1.82, 2.24) is 15.3 Å². The van der Waals surface area contributed by atoms with Gasteiger partial charge in [0.05, 0.1) is 5.69 Å². The topological polar surface area (TPSA) is 82.2 Å². The molecule has 0 spiro atoms. The van der Waals surface area contributed by atoms with E-state index in [9.17, 15) is 4.79 Å². The van der Waals surface area contributed by atoms with Gasteiger partial charge >= 0.3 is 0 Å². The first-order chi connectivity index (χ1) is 11.7. The fourth-order valence-corrected chi connectivity index (χ4v) is 2.63. The predicted octanol–water partition coefficient (Wildman–Crippen LogP) is 2.51. The molecule has 0 fully saturated rings. The van der Waals surface area contributed by atoms with Crippen molar-refractivity contribution in [2.45, 2.75) is 0 Å². The lowest BCUT2D eigenvalue weighted by molar-refractivity contribution is 0.0996. The number of nitrogens with two attached hydrogens (primary N) is 1. The first kappa shape index (κ1) is 14.1. The summed E-state index contributed by atoms with van der Waals surface area (Å²) in [7, 11) is 0. The van der Waals surface area contributed by atoms with E-state index in [1.807, 2.05) is 54.6 Å². The number of carbonyl (C=O) groups is 1. The summed E-state index contributed by atoms with van der Waals surface area (Å²) in [4.78, 5) is 17.2. The molecule has 24 heavy (non-hydrogen) atoms. The molecule has 1 aromatic heterocycles. The number of nitrogens with one attached hydrogen (secondary N) is 1. The molecule has 118 valence electrons. The molecule has 3 aromatic rings. The van der Waals surface area contributed by atoms with Gasteiger partial charge in [0.1, 0.15) is 0 Å². The largest absolute Gasteiger partial charge is 0.382 e. The minimum absolute atomic E-state index is 0.234. The first-order valence-corrected chi connectivity index (χ1v) is 7.40. The van der Waals surface area contributed by atoms with Crippen molar-refractivity contribution in [3.63, 3.8) is 0 Å². The fraction of sp³-hybridized carbons (Fsp3) is 0. The van der Waals surface area contributed by atoms with Gasteiger partial charge < -0.3 is 10.6 Å². The van der Waals surface area contributed by atoms with Gasteiger partial charge in [0.25, 0.3) is 5.91 Å². The average molecular weight is 318 g/mol. The Hall–Kier alpha value is -3.54. The number of amides is 1. The second-order valence-corrected chi connectivity index (χ2v) is 5.34. The van der Waals surface area contributed by atoms with Crippen molar-refractivity contribution in [2.75, 3.05) is 0 Å². The third-order valence-electron chi connectivity index (χ3n) is 3.79. The second-order valence-electron chi connectivity index (χ2n) is 5.34. The van der Waals surface area contributed by atoms with E-state index in [1.54, 1.807) is 17.1 Å². The van der Waals surface area contributed by atoms with E-state index in [2.05, 4.69) is 10.6 Å². The normalized spacial score (nSPS) is 12.2. The van der Waals surface area contributed by atoms with Crippen LogP contribution in [-0.4, -0.2) is 15.7 Å². The van der Waals surface area contributed by atoms with Crippen LogP contribution < -0.4 is 16.1 Å². The van der Waals surface area contributed by atoms with Gasteiger partial charge in [-0.3, -0.25) is 4.79 Å². The maximum atomic E-state index is 11.8. The number of hydroxylamine groups is 1. The summed E-state index contributed by atoms with van der Waals surface area (Å²) in [5.41, 5.74) is 11.7. The molecule has 0 atom stereocenters. The number of benzene rings is 2. The summed E-state index contributed by atoms with van der Waals surface area (Å²) in [6, 6.07) is 15.2. The van der Waals surface area contributed by atoms with Crippen LogP contribution >= 0.6 is 0 Å². The van der Waals surface area contributed by atoms with Gasteiger partial charge in [0, 0.05) is 29.6 Å². The molecule has 0 saturated carbocycles. The van der Waals surface area contributed by atoms with Crippen molar-refractivity contribution in [3.8, 4) is 22.6 Å². The number of carbonyl (C=O) groups excluding carboxylic acids is 1. The number of rotatable bonds is 3. The highest BCUT2D eigenvalue weighted by Gasteiger charge is 2.17. The van der Waals surface area contributed by atoms with Gasteiger partial charge in [-0.25, -0.2) is 10.2 Å². The van der Waals surface area contributed by atoms with Crippen LogP contribution in [0.15, 0.2) is 60.9 Å². The van der Waals surface area contributed by atoms with E-state index in [-0.39, 0.29) is 5.69 Å². The van der Waals surface area contributed by atoms with Crippen molar-refractivity contribution in [2.24, 2.45) is 5.73 Å². The molecule has 2 heterocycles. The molecular weight excluding hydrogens is 304 g/mol. The lowest BCUT2D eigenvalue weighted by Gasteiger charge is -2.13. The molecule has 0 bridgehead atoms. The molecule has 2 aromatic carbocycles. The number of hydrogen-bond donors (Lipinski definition) is 2. The van der Waals surface area contributed by atoms with Gasteiger partial charge in [-0.1, -0.05) is 30.3 Å². The quantitative estimate of drug-likeness (QED) is 0.777. The Balaban J connectivity index is 1.82. The second kappa shape index (κ2) is 5.58. The standard InChI is InChI=1S/C18H14N4O2/c19-18(23)17-15(12-4-2-1-3-5-12)11-22(21-17)14-7-6-13-8-9-20-24-16(13)10-14/h1-11,20H,(H2,19,23). The van der Waals surface area contributed by atoms with Crippen molar-refractivity contribution in [3.05, 3.63) is 72.2 Å². The minimum Gasteiger partial charge on any atom is -0.382 e. The summed E-state index contributed by atoms with van der Waals surface area (Å²) in [5.74, 6) is 0.124. The van der Waals surface area contributed by atoms with Gasteiger partial charge in [0.15, 0.2) is 11.4 Å². The predicted molar refractivity (Wildman–Crippen MR) is 90.3 cm³/mol. The molecule has 0 saturated heterocycles. The Morgan fingerprint density at radius 1 is 1.17 bits per heavy atom. The summed E-state index contributed by atoms with van der Waals surface area (Å²) < 4.78 is 1.63. The molecule has 0 radical (unpaired) electrons. The van der Waals surface area contributed by atoms with Crippen LogP contribution in [0.25, 0.3) is 22.9 Å². The average Bonchev–Trinajstić information content (AvgIpc) is 3.08. The van der Waals surface area contributed by atoms with E-state index >= 15 is 0 Å². The zero-order valence-corrected chi connectivity index (χ0v) is 12.6. The van der Waals surface area contributed by atoms with Gasteiger partial charge in [-0.2, -0.15) is 5.10 Å². The summed E-state index contributed by atoms with van der Waals surface area (Å²) in [6.07, 6.45) is 5.42. The number of primary amides is 1. The Labute approximate surface area is 138 Å². The van der Waals surface area contributed by atoms with Gasteiger partial charge in [-0.15, -0.1) is 0 Å². The van der Waals surface area contributed by atoms with Crippen LogP contribution in [-0.2, 0) is 0 Å². The fourth-order valence-electron chi connectivity index (χ4n) is 2.63. The van der Waals surface area contributed by atoms with Crippen LogP contribution in [0.2, 0.25) is 0 Å². The van der Waals surface area contributed by atoms with Crippen LogP contribution in [0.3, 0.4) is 0 Å². The van der Waals surface area contributed by atoms with E-state index in [0.29, 0.717) is 11.3 Å². The highest BCUT2D eigenvalue weighted by Crippen LogP contribution is 2.28. The SMILES string of the molecule is NC(=O)c1nn(-c2ccc3c(c2)ONC=C3)cc1-c1ccccc1. The van der Waals surface area contributed by atoms with Gasteiger partial charge in [-0.05, 0) is 23.8 Å². The molecule has 6 nitrogen and oxygen atoms in total.